The van der Waals surface area contributed by atoms with Gasteiger partial charge >= 0.3 is 8.56 Å². The van der Waals surface area contributed by atoms with Crippen molar-refractivity contribution in [1.82, 2.24) is 0 Å². The van der Waals surface area contributed by atoms with Crippen LogP contribution < -0.4 is 0 Å². The number of hydrogen-bond acceptors (Lipinski definition) is 5. The molecule has 6 heteroatoms. The first-order valence-corrected chi connectivity index (χ1v) is 11.3. The Labute approximate surface area is 149 Å². The molecule has 0 aromatic rings. The number of aliphatic imine (C=N–C) groups is 1. The minimum atomic E-state index is -2.21. The molecule has 0 aliphatic carbocycles. The fourth-order valence-electron chi connectivity index (χ4n) is 3.25. The van der Waals surface area contributed by atoms with Crippen molar-refractivity contribution in [2.75, 3.05) is 19.8 Å². The number of ether oxygens (including phenoxy) is 1. The summed E-state index contributed by atoms with van der Waals surface area (Å²) >= 11 is 0. The molecule has 1 rings (SSSR count). The van der Waals surface area contributed by atoms with E-state index >= 15 is 0 Å². The fourth-order valence-corrected chi connectivity index (χ4v) is 7.71. The lowest BCUT2D eigenvalue weighted by Crippen LogP contribution is -2.65. The SMILES string of the molecule is CC(C)(C)N=C=O.CCOC1(CC)CCCC[Si]1(OCC)OCC. The summed E-state index contributed by atoms with van der Waals surface area (Å²) in [4.78, 5) is 13.0. The average molecular weight is 360 g/mol. The Balaban J connectivity index is 0.000000640. The molecule has 1 saturated heterocycles. The number of hydrogen-bond donors (Lipinski definition) is 0. The van der Waals surface area contributed by atoms with Gasteiger partial charge in [-0.2, -0.15) is 0 Å². The molecule has 5 nitrogen and oxygen atoms in total. The van der Waals surface area contributed by atoms with Crippen LogP contribution in [-0.4, -0.2) is 45.2 Å². The van der Waals surface area contributed by atoms with Crippen molar-refractivity contribution in [2.24, 2.45) is 4.99 Å². The third-order valence-corrected chi connectivity index (χ3v) is 8.82. The molecule has 1 atom stereocenters. The zero-order chi connectivity index (χ0) is 18.7. The van der Waals surface area contributed by atoms with Gasteiger partial charge in [-0.3, -0.25) is 0 Å². The molecule has 1 fully saturated rings. The molecule has 24 heavy (non-hydrogen) atoms. The molecule has 0 aromatic carbocycles. The Morgan fingerprint density at radius 1 is 1.04 bits per heavy atom. The van der Waals surface area contributed by atoms with Gasteiger partial charge in [-0.25, -0.2) is 9.79 Å². The van der Waals surface area contributed by atoms with Crippen molar-refractivity contribution >= 4 is 14.6 Å². The van der Waals surface area contributed by atoms with E-state index in [0.29, 0.717) is 0 Å². The van der Waals surface area contributed by atoms with Crippen molar-refractivity contribution in [1.29, 1.82) is 0 Å². The molecule has 1 heterocycles. The summed E-state index contributed by atoms with van der Waals surface area (Å²) in [7, 11) is -2.21. The van der Waals surface area contributed by atoms with Gasteiger partial charge in [0.25, 0.3) is 0 Å². The van der Waals surface area contributed by atoms with Gasteiger partial charge in [0.2, 0.25) is 6.08 Å². The van der Waals surface area contributed by atoms with E-state index in [2.05, 4.69) is 32.7 Å². The van der Waals surface area contributed by atoms with Crippen LogP contribution in [0, 0.1) is 0 Å². The fraction of sp³-hybridized carbons (Fsp3) is 0.944. The standard InChI is InChI=1S/C13H28O3Si.C5H9NO/c1-5-13(14-6-2)11-9-10-12-17(13,15-7-3)16-8-4;1-5(2,3)6-4-7/h5-12H2,1-4H3;1-3H3. The first-order chi connectivity index (χ1) is 11.3. The first-order valence-electron chi connectivity index (χ1n) is 9.27. The molecule has 0 amide bonds. The van der Waals surface area contributed by atoms with Gasteiger partial charge in [-0.05, 0) is 60.4 Å². The van der Waals surface area contributed by atoms with Crippen LogP contribution in [0.2, 0.25) is 6.04 Å². The van der Waals surface area contributed by atoms with Gasteiger partial charge in [0.05, 0.1) is 5.54 Å². The van der Waals surface area contributed by atoms with E-state index in [-0.39, 0.29) is 10.8 Å². The zero-order valence-electron chi connectivity index (χ0n) is 16.7. The van der Waals surface area contributed by atoms with E-state index in [1.54, 1.807) is 0 Å². The molecular formula is C18H37NO4Si. The molecular weight excluding hydrogens is 322 g/mol. The largest absolute Gasteiger partial charge is 0.393 e. The Hall–Kier alpha value is -0.523. The van der Waals surface area contributed by atoms with Crippen LogP contribution in [0.4, 0.5) is 0 Å². The normalized spacial score (nSPS) is 23.0. The number of rotatable bonds is 7. The zero-order valence-corrected chi connectivity index (χ0v) is 17.7. The highest BCUT2D eigenvalue weighted by atomic mass is 28.4. The smallest absolute Gasteiger partial charge is 0.371 e. The highest BCUT2D eigenvalue weighted by Crippen LogP contribution is 2.42. The maximum atomic E-state index is 9.53. The summed E-state index contributed by atoms with van der Waals surface area (Å²) in [6.07, 6.45) is 6.05. The van der Waals surface area contributed by atoms with Crippen molar-refractivity contribution in [3.05, 3.63) is 0 Å². The minimum absolute atomic E-state index is 0.119. The third kappa shape index (κ3) is 6.77. The molecule has 0 radical (unpaired) electrons. The Morgan fingerprint density at radius 2 is 1.62 bits per heavy atom. The average Bonchev–Trinajstić information content (AvgIpc) is 2.50. The van der Waals surface area contributed by atoms with Crippen LogP contribution in [-0.2, 0) is 18.4 Å². The molecule has 0 saturated carbocycles. The molecule has 0 spiro atoms. The predicted octanol–water partition coefficient (Wildman–Crippen LogP) is 4.53. The van der Waals surface area contributed by atoms with Gasteiger partial charge in [0, 0.05) is 19.8 Å². The summed E-state index contributed by atoms with van der Waals surface area (Å²) in [6.45, 7) is 16.2. The molecule has 0 aromatic heterocycles. The molecule has 1 aliphatic heterocycles. The van der Waals surface area contributed by atoms with Gasteiger partial charge < -0.3 is 13.6 Å². The highest BCUT2D eigenvalue weighted by Gasteiger charge is 2.58. The lowest BCUT2D eigenvalue weighted by Gasteiger charge is -2.49. The summed E-state index contributed by atoms with van der Waals surface area (Å²) in [5.74, 6) is 0. The van der Waals surface area contributed by atoms with Crippen LogP contribution in [0.15, 0.2) is 4.99 Å². The third-order valence-electron chi connectivity index (χ3n) is 4.16. The molecule has 0 N–H and O–H groups in total. The number of carbonyl (C=O) groups excluding carboxylic acids is 1. The maximum absolute atomic E-state index is 9.53. The van der Waals surface area contributed by atoms with Crippen molar-refractivity contribution < 1.29 is 18.4 Å². The second-order valence-electron chi connectivity index (χ2n) is 6.98. The van der Waals surface area contributed by atoms with E-state index in [9.17, 15) is 4.79 Å². The van der Waals surface area contributed by atoms with Gasteiger partial charge in [0.15, 0.2) is 0 Å². The molecule has 0 bridgehead atoms. The lowest BCUT2D eigenvalue weighted by molar-refractivity contribution is -0.0426. The maximum Gasteiger partial charge on any atom is 0.371 e. The van der Waals surface area contributed by atoms with E-state index in [4.69, 9.17) is 13.6 Å². The number of nitrogens with zero attached hydrogens (tertiary/aromatic N) is 1. The summed E-state index contributed by atoms with van der Waals surface area (Å²) in [5, 5.41) is -0.119. The lowest BCUT2D eigenvalue weighted by atomic mass is 10.1. The molecule has 142 valence electrons. The van der Waals surface area contributed by atoms with Crippen LogP contribution in [0.25, 0.3) is 0 Å². The van der Waals surface area contributed by atoms with Crippen LogP contribution in [0.1, 0.15) is 74.1 Å². The first kappa shape index (κ1) is 23.5. The van der Waals surface area contributed by atoms with Gasteiger partial charge in [-0.1, -0.05) is 19.8 Å². The van der Waals surface area contributed by atoms with E-state index in [0.717, 1.165) is 38.7 Å². The second-order valence-corrected chi connectivity index (χ2v) is 10.5. The predicted molar refractivity (Wildman–Crippen MR) is 100 cm³/mol. The Morgan fingerprint density at radius 3 is 1.96 bits per heavy atom. The Kier molecular flexibility index (Phi) is 10.9. The van der Waals surface area contributed by atoms with Crippen molar-refractivity contribution in [3.63, 3.8) is 0 Å². The minimum Gasteiger partial charge on any atom is -0.393 e. The molecule has 1 unspecified atom stereocenters. The van der Waals surface area contributed by atoms with Crippen LogP contribution >= 0.6 is 0 Å². The van der Waals surface area contributed by atoms with Crippen molar-refractivity contribution in [3.8, 4) is 0 Å². The second kappa shape index (κ2) is 11.2. The molecule has 1 aliphatic rings. The van der Waals surface area contributed by atoms with Gasteiger partial charge in [0.1, 0.15) is 5.22 Å². The summed E-state index contributed by atoms with van der Waals surface area (Å²) in [5.41, 5.74) is -0.248. The van der Waals surface area contributed by atoms with Crippen LogP contribution in [0.3, 0.4) is 0 Å². The monoisotopic (exact) mass is 359 g/mol. The quantitative estimate of drug-likeness (QED) is 0.381. The topological polar surface area (TPSA) is 57.1 Å². The highest BCUT2D eigenvalue weighted by molar-refractivity contribution is 6.70. The van der Waals surface area contributed by atoms with E-state index in [1.165, 1.54) is 18.9 Å². The van der Waals surface area contributed by atoms with Crippen LogP contribution in [0.5, 0.6) is 0 Å². The Bertz CT molecular complexity index is 375. The van der Waals surface area contributed by atoms with E-state index in [1.807, 2.05) is 20.8 Å². The number of isocyanates is 1. The van der Waals surface area contributed by atoms with Crippen molar-refractivity contribution in [2.45, 2.75) is 91.0 Å². The summed E-state index contributed by atoms with van der Waals surface area (Å²) in [6, 6.07) is 1.09. The van der Waals surface area contributed by atoms with Gasteiger partial charge in [-0.15, -0.1) is 0 Å². The van der Waals surface area contributed by atoms with E-state index < -0.39 is 8.56 Å². The summed E-state index contributed by atoms with van der Waals surface area (Å²) < 4.78 is 18.5.